The van der Waals surface area contributed by atoms with Gasteiger partial charge in [0.25, 0.3) is 11.5 Å². The van der Waals surface area contributed by atoms with Crippen LogP contribution in [0.5, 0.6) is 0 Å². The van der Waals surface area contributed by atoms with Crippen molar-refractivity contribution in [3.63, 3.8) is 0 Å². The van der Waals surface area contributed by atoms with Crippen molar-refractivity contribution in [2.75, 3.05) is 18.0 Å². The molecule has 1 aromatic carbocycles. The summed E-state index contributed by atoms with van der Waals surface area (Å²) in [4.78, 5) is 44.9. The number of carbonyl (C=O) groups is 2. The van der Waals surface area contributed by atoms with Crippen LogP contribution in [0.1, 0.15) is 23.0 Å². The second-order valence-corrected chi connectivity index (χ2v) is 9.16. The average Bonchev–Trinajstić information content (AvgIpc) is 3.55. The van der Waals surface area contributed by atoms with Crippen LogP contribution in [0.2, 0.25) is 0 Å². The van der Waals surface area contributed by atoms with Crippen LogP contribution in [0.15, 0.2) is 71.9 Å². The fraction of sp³-hybridized carbons (Fsp3) is 0.269. The third-order valence-electron chi connectivity index (χ3n) is 6.77. The fourth-order valence-corrected chi connectivity index (χ4v) is 4.85. The van der Waals surface area contributed by atoms with Gasteiger partial charge in [0.2, 0.25) is 5.91 Å². The Morgan fingerprint density at radius 3 is 2.59 bits per heavy atom. The molecule has 11 nitrogen and oxygen atoms in total. The van der Waals surface area contributed by atoms with Gasteiger partial charge in [-0.1, -0.05) is 24.8 Å². The molecule has 5 rings (SSSR count). The zero-order valence-electron chi connectivity index (χ0n) is 20.9. The number of nitrogens with one attached hydrogen (secondary N) is 2. The van der Waals surface area contributed by atoms with Gasteiger partial charge in [-0.05, 0) is 31.2 Å². The lowest BCUT2D eigenvalue weighted by molar-refractivity contribution is -0.118. The summed E-state index contributed by atoms with van der Waals surface area (Å²) >= 11 is 0. The molecule has 1 aliphatic heterocycles. The molecule has 2 N–H and O–H groups in total. The number of aromatic nitrogens is 5. The average molecular weight is 501 g/mol. The van der Waals surface area contributed by atoms with Crippen molar-refractivity contribution in [2.45, 2.75) is 19.9 Å². The van der Waals surface area contributed by atoms with Crippen molar-refractivity contribution >= 4 is 23.3 Å². The van der Waals surface area contributed by atoms with Crippen LogP contribution in [-0.4, -0.2) is 54.9 Å². The maximum absolute atomic E-state index is 13.5. The molecule has 4 aromatic rings. The topological polar surface area (TPSA) is 119 Å². The summed E-state index contributed by atoms with van der Waals surface area (Å²) in [7, 11) is 1.75. The van der Waals surface area contributed by atoms with Crippen molar-refractivity contribution in [3.05, 3.63) is 88.7 Å². The van der Waals surface area contributed by atoms with Crippen molar-refractivity contribution < 1.29 is 9.59 Å². The third kappa shape index (κ3) is 4.39. The van der Waals surface area contributed by atoms with Crippen LogP contribution in [0.25, 0.3) is 11.3 Å². The minimum Gasteiger partial charge on any atom is -0.352 e. The molecule has 0 saturated carbocycles. The monoisotopic (exact) mass is 500 g/mol. The first-order chi connectivity index (χ1) is 17.7. The van der Waals surface area contributed by atoms with Crippen molar-refractivity contribution in [1.29, 1.82) is 0 Å². The van der Waals surface area contributed by atoms with E-state index < -0.39 is 17.5 Å². The van der Waals surface area contributed by atoms with E-state index >= 15 is 0 Å². The molecule has 1 aliphatic rings. The van der Waals surface area contributed by atoms with Crippen LogP contribution in [0.3, 0.4) is 0 Å². The molecule has 1 fully saturated rings. The van der Waals surface area contributed by atoms with E-state index in [9.17, 15) is 14.4 Å². The Balaban J connectivity index is 1.45. The quantitative estimate of drug-likeness (QED) is 0.413. The molecule has 0 aliphatic carbocycles. The van der Waals surface area contributed by atoms with Gasteiger partial charge in [-0.15, -0.1) is 5.10 Å². The standard InChI is InChI=1S/C26H28N8O3/c1-16(28-18(3)35)20-14-32(23-11-10-22-27-12-13-33(22)30-23)15-21(20)29-25(36)24-17(2)31(4)34(26(24)37)19-8-6-5-7-9-19/h5-13,20-21H,1,14-15H2,2-4H3,(H,28,35)(H,29,36)/t20-,21+/m0/s1. The first kappa shape index (κ1) is 24.0. The first-order valence-corrected chi connectivity index (χ1v) is 11.9. The summed E-state index contributed by atoms with van der Waals surface area (Å²) in [6.07, 6.45) is 3.43. The molecule has 0 radical (unpaired) electrons. The number of imidazole rings is 1. The lowest BCUT2D eigenvalue weighted by Crippen LogP contribution is -2.44. The normalized spacial score (nSPS) is 17.2. The van der Waals surface area contributed by atoms with Gasteiger partial charge in [-0.2, -0.15) is 0 Å². The molecular weight excluding hydrogens is 472 g/mol. The van der Waals surface area contributed by atoms with Crippen molar-refractivity contribution in [3.8, 4) is 5.69 Å². The predicted octanol–water partition coefficient (Wildman–Crippen LogP) is 1.41. The third-order valence-corrected chi connectivity index (χ3v) is 6.77. The van der Waals surface area contributed by atoms with E-state index in [4.69, 9.17) is 0 Å². The second kappa shape index (κ2) is 9.41. The summed E-state index contributed by atoms with van der Waals surface area (Å²) in [5, 5.41) is 10.4. The lowest BCUT2D eigenvalue weighted by atomic mass is 10.00. The largest absolute Gasteiger partial charge is 0.352 e. The molecule has 0 spiro atoms. The van der Waals surface area contributed by atoms with Gasteiger partial charge in [0.1, 0.15) is 11.4 Å². The summed E-state index contributed by atoms with van der Waals surface area (Å²) in [5.41, 5.74) is 2.11. The molecule has 190 valence electrons. The molecule has 0 unspecified atom stereocenters. The van der Waals surface area contributed by atoms with E-state index in [-0.39, 0.29) is 17.4 Å². The van der Waals surface area contributed by atoms with E-state index in [0.717, 1.165) is 5.65 Å². The predicted molar refractivity (Wildman–Crippen MR) is 139 cm³/mol. The van der Waals surface area contributed by atoms with E-state index in [1.54, 1.807) is 35.6 Å². The number of anilines is 1. The summed E-state index contributed by atoms with van der Waals surface area (Å²) < 4.78 is 4.83. The molecule has 37 heavy (non-hydrogen) atoms. The lowest BCUT2D eigenvalue weighted by Gasteiger charge is -2.21. The van der Waals surface area contributed by atoms with Gasteiger partial charge >= 0.3 is 0 Å². The highest BCUT2D eigenvalue weighted by Crippen LogP contribution is 2.27. The first-order valence-electron chi connectivity index (χ1n) is 11.9. The maximum atomic E-state index is 13.5. The van der Waals surface area contributed by atoms with Gasteiger partial charge in [-0.3, -0.25) is 19.1 Å². The van der Waals surface area contributed by atoms with Crippen LogP contribution in [0.4, 0.5) is 5.82 Å². The van der Waals surface area contributed by atoms with Gasteiger partial charge in [-0.25, -0.2) is 14.2 Å². The summed E-state index contributed by atoms with van der Waals surface area (Å²) in [6, 6.07) is 12.5. The molecule has 11 heteroatoms. The van der Waals surface area contributed by atoms with Crippen LogP contribution in [0, 0.1) is 12.8 Å². The van der Waals surface area contributed by atoms with E-state index in [0.29, 0.717) is 36.0 Å². The Hall–Kier alpha value is -4.67. The van der Waals surface area contributed by atoms with Gasteiger partial charge in [0, 0.05) is 51.1 Å². The number of para-hydroxylation sites is 1. The summed E-state index contributed by atoms with van der Waals surface area (Å²) in [6.45, 7) is 8.10. The van der Waals surface area contributed by atoms with E-state index in [1.165, 1.54) is 11.6 Å². The highest BCUT2D eigenvalue weighted by atomic mass is 16.2. The number of hydrogen-bond acceptors (Lipinski definition) is 6. The van der Waals surface area contributed by atoms with E-state index in [1.807, 2.05) is 47.4 Å². The van der Waals surface area contributed by atoms with Gasteiger partial charge in [0.05, 0.1) is 17.4 Å². The minimum absolute atomic E-state index is 0.0756. The Bertz CT molecular complexity index is 1570. The highest BCUT2D eigenvalue weighted by molar-refractivity contribution is 5.95. The Morgan fingerprint density at radius 1 is 1.11 bits per heavy atom. The summed E-state index contributed by atoms with van der Waals surface area (Å²) in [5.74, 6) is -0.312. The number of fused-ring (bicyclic) bond motifs is 1. The number of benzene rings is 1. The van der Waals surface area contributed by atoms with Crippen LogP contribution < -0.4 is 21.1 Å². The van der Waals surface area contributed by atoms with Gasteiger partial charge < -0.3 is 15.5 Å². The number of hydrogen-bond donors (Lipinski definition) is 2. The Kier molecular flexibility index (Phi) is 6.12. The number of amides is 2. The van der Waals surface area contributed by atoms with Gasteiger partial charge in [0.15, 0.2) is 5.65 Å². The maximum Gasteiger partial charge on any atom is 0.284 e. The number of carbonyl (C=O) groups excluding carboxylic acids is 2. The zero-order valence-corrected chi connectivity index (χ0v) is 20.9. The molecule has 2 amide bonds. The molecule has 0 bridgehead atoms. The number of nitrogens with zero attached hydrogens (tertiary/aromatic N) is 6. The number of rotatable bonds is 6. The highest BCUT2D eigenvalue weighted by Gasteiger charge is 2.38. The smallest absolute Gasteiger partial charge is 0.284 e. The fourth-order valence-electron chi connectivity index (χ4n) is 4.85. The molecule has 1 saturated heterocycles. The van der Waals surface area contributed by atoms with Crippen LogP contribution >= 0.6 is 0 Å². The Labute approximate surface area is 213 Å². The minimum atomic E-state index is -0.474. The molecule has 3 aromatic heterocycles. The van der Waals surface area contributed by atoms with E-state index in [2.05, 4.69) is 27.3 Å². The zero-order chi connectivity index (χ0) is 26.3. The SMILES string of the molecule is C=C(NC(C)=O)[C@@H]1CN(c2ccc3nccn3n2)C[C@H]1NC(=O)c1c(C)n(C)n(-c2ccccc2)c1=O. The second-order valence-electron chi connectivity index (χ2n) is 9.16. The van der Waals surface area contributed by atoms with Crippen molar-refractivity contribution in [2.24, 2.45) is 13.0 Å². The van der Waals surface area contributed by atoms with Crippen molar-refractivity contribution in [1.82, 2.24) is 34.6 Å². The molecule has 2 atom stereocenters. The molecular formula is C26H28N8O3. The Morgan fingerprint density at radius 2 is 1.86 bits per heavy atom. The van der Waals surface area contributed by atoms with Crippen LogP contribution in [-0.2, 0) is 11.8 Å². The molecule has 4 heterocycles.